The topological polar surface area (TPSA) is 65.8 Å². The summed E-state index contributed by atoms with van der Waals surface area (Å²) in [6.07, 6.45) is 3.07. The summed E-state index contributed by atoms with van der Waals surface area (Å²) in [5.74, 6) is -0.235. The van der Waals surface area contributed by atoms with E-state index in [2.05, 4.69) is 16.4 Å². The van der Waals surface area contributed by atoms with Gasteiger partial charge in [-0.25, -0.2) is 4.98 Å². The summed E-state index contributed by atoms with van der Waals surface area (Å²) in [6.45, 7) is 1.86. The van der Waals surface area contributed by atoms with Crippen molar-refractivity contribution in [1.82, 2.24) is 4.98 Å². The Kier molecular flexibility index (Phi) is 3.09. The number of amides is 1. The maximum absolute atomic E-state index is 12.1. The zero-order valence-electron chi connectivity index (χ0n) is 10.3. The van der Waals surface area contributed by atoms with Gasteiger partial charge in [-0.2, -0.15) is 5.26 Å². The predicted molar refractivity (Wildman–Crippen MR) is 75.9 cm³/mol. The molecule has 0 aromatic carbocycles. The molecule has 1 amide bonds. The lowest BCUT2D eigenvalue weighted by Gasteiger charge is -2.01. The minimum atomic E-state index is -0.235. The van der Waals surface area contributed by atoms with Crippen LogP contribution in [0, 0.1) is 18.3 Å². The van der Waals surface area contributed by atoms with Crippen molar-refractivity contribution in [3.8, 4) is 6.07 Å². The highest BCUT2D eigenvalue weighted by atomic mass is 32.1. The number of carbonyl (C=O) groups excluding carboxylic acids is 1. The third kappa shape index (κ3) is 2.15. The van der Waals surface area contributed by atoms with Gasteiger partial charge in [0, 0.05) is 10.3 Å². The lowest BCUT2D eigenvalue weighted by atomic mass is 10.1. The lowest BCUT2D eigenvalue weighted by molar-refractivity contribution is 0.102. The molecule has 0 fully saturated rings. The van der Waals surface area contributed by atoms with Gasteiger partial charge >= 0.3 is 0 Å². The molecule has 0 bridgehead atoms. The van der Waals surface area contributed by atoms with Crippen LogP contribution in [0.3, 0.4) is 0 Å². The Labute approximate surface area is 118 Å². The molecule has 0 aliphatic heterocycles. The summed E-state index contributed by atoms with van der Waals surface area (Å²) in [6, 6.07) is 2.22. The molecule has 2 aromatic heterocycles. The molecule has 4 nitrogen and oxygen atoms in total. The first-order valence-electron chi connectivity index (χ1n) is 5.97. The van der Waals surface area contributed by atoms with Crippen molar-refractivity contribution in [2.45, 2.75) is 26.2 Å². The van der Waals surface area contributed by atoms with Crippen LogP contribution in [0.5, 0.6) is 0 Å². The summed E-state index contributed by atoms with van der Waals surface area (Å²) in [5, 5.41) is 15.3. The van der Waals surface area contributed by atoms with Gasteiger partial charge in [0.25, 0.3) is 5.91 Å². The number of fused-ring (bicyclic) bond motifs is 1. The number of hydrogen-bond donors (Lipinski definition) is 1. The minimum absolute atomic E-state index is 0.235. The number of thiophene rings is 1. The minimum Gasteiger partial charge on any atom is -0.311 e. The molecule has 19 heavy (non-hydrogen) atoms. The zero-order chi connectivity index (χ0) is 13.4. The van der Waals surface area contributed by atoms with E-state index in [0.717, 1.165) is 29.8 Å². The highest BCUT2D eigenvalue weighted by molar-refractivity contribution is 7.16. The second-order valence-corrected chi connectivity index (χ2v) is 6.55. The number of aryl methyl sites for hydroxylation is 2. The van der Waals surface area contributed by atoms with Crippen molar-refractivity contribution in [3.05, 3.63) is 32.1 Å². The fourth-order valence-corrected chi connectivity index (χ4v) is 4.07. The molecule has 0 saturated heterocycles. The number of nitrogens with zero attached hydrogens (tertiary/aromatic N) is 2. The molecule has 6 heteroatoms. The van der Waals surface area contributed by atoms with Gasteiger partial charge in [0.15, 0.2) is 0 Å². The smallest absolute Gasteiger partial charge is 0.275 e. The Hall–Kier alpha value is -1.71. The van der Waals surface area contributed by atoms with Gasteiger partial charge in [0.05, 0.1) is 10.6 Å². The predicted octanol–water partition coefficient (Wildman–Crippen LogP) is 3.13. The van der Waals surface area contributed by atoms with Crippen LogP contribution in [-0.4, -0.2) is 10.9 Å². The third-order valence-electron chi connectivity index (χ3n) is 3.11. The molecule has 0 atom stereocenters. The fourth-order valence-electron chi connectivity index (χ4n) is 2.25. The summed E-state index contributed by atoms with van der Waals surface area (Å²) in [5.41, 5.74) is 2.18. The normalized spacial score (nSPS) is 13.1. The van der Waals surface area contributed by atoms with E-state index < -0.39 is 0 Å². The highest BCUT2D eigenvalue weighted by Gasteiger charge is 2.23. The molecule has 1 aliphatic rings. The fraction of sp³-hybridized carbons (Fsp3) is 0.308. The standard InChI is InChI=1S/C13H11N3OS2/c1-7-15-10(6-18-7)12(17)16-13-9(5-14)8-3-2-4-11(8)19-13/h6H,2-4H2,1H3,(H,16,17). The van der Waals surface area contributed by atoms with Gasteiger partial charge in [0.1, 0.15) is 16.8 Å². The van der Waals surface area contributed by atoms with Crippen molar-refractivity contribution in [2.24, 2.45) is 0 Å². The summed E-state index contributed by atoms with van der Waals surface area (Å²) < 4.78 is 0. The average molecular weight is 289 g/mol. The molecular formula is C13H11N3OS2. The first kappa shape index (κ1) is 12.3. The van der Waals surface area contributed by atoms with Gasteiger partial charge in [-0.1, -0.05) is 0 Å². The van der Waals surface area contributed by atoms with Crippen molar-refractivity contribution >= 4 is 33.6 Å². The molecule has 96 valence electrons. The van der Waals surface area contributed by atoms with E-state index in [-0.39, 0.29) is 5.91 Å². The van der Waals surface area contributed by atoms with Gasteiger partial charge in [-0.05, 0) is 31.7 Å². The molecule has 1 N–H and O–H groups in total. The average Bonchev–Trinajstić information content (AvgIpc) is 3.04. The molecule has 2 aromatic rings. The third-order valence-corrected chi connectivity index (χ3v) is 5.09. The van der Waals surface area contributed by atoms with Gasteiger partial charge < -0.3 is 5.32 Å². The van der Waals surface area contributed by atoms with E-state index in [0.29, 0.717) is 16.3 Å². The number of hydrogen-bond acceptors (Lipinski definition) is 5. The first-order chi connectivity index (χ1) is 9.19. The Morgan fingerprint density at radius 3 is 3.05 bits per heavy atom. The highest BCUT2D eigenvalue weighted by Crippen LogP contribution is 2.38. The van der Waals surface area contributed by atoms with Crippen molar-refractivity contribution in [3.63, 3.8) is 0 Å². The van der Waals surface area contributed by atoms with Gasteiger partial charge in [0.2, 0.25) is 0 Å². The van der Waals surface area contributed by atoms with Crippen LogP contribution in [-0.2, 0) is 12.8 Å². The number of anilines is 1. The van der Waals surface area contributed by atoms with Crippen LogP contribution >= 0.6 is 22.7 Å². The maximum Gasteiger partial charge on any atom is 0.275 e. The van der Waals surface area contributed by atoms with Crippen molar-refractivity contribution < 1.29 is 4.79 Å². The molecular weight excluding hydrogens is 278 g/mol. The second kappa shape index (κ2) is 4.76. The zero-order valence-corrected chi connectivity index (χ0v) is 12.0. The molecule has 3 rings (SSSR count). The Morgan fingerprint density at radius 2 is 2.37 bits per heavy atom. The largest absolute Gasteiger partial charge is 0.311 e. The van der Waals surface area contributed by atoms with E-state index in [1.807, 2.05) is 6.92 Å². The van der Waals surface area contributed by atoms with E-state index in [1.165, 1.54) is 27.6 Å². The van der Waals surface area contributed by atoms with Crippen LogP contribution in [0.15, 0.2) is 5.38 Å². The number of thiazole rings is 1. The molecule has 1 aliphatic carbocycles. The first-order valence-corrected chi connectivity index (χ1v) is 7.66. The number of rotatable bonds is 2. The number of nitriles is 1. The molecule has 0 radical (unpaired) electrons. The van der Waals surface area contributed by atoms with E-state index in [9.17, 15) is 10.1 Å². The summed E-state index contributed by atoms with van der Waals surface area (Å²) >= 11 is 2.97. The Balaban J connectivity index is 1.88. The number of aromatic nitrogens is 1. The van der Waals surface area contributed by atoms with Crippen LogP contribution < -0.4 is 5.32 Å². The van der Waals surface area contributed by atoms with Gasteiger partial charge in [-0.15, -0.1) is 22.7 Å². The van der Waals surface area contributed by atoms with E-state index >= 15 is 0 Å². The Morgan fingerprint density at radius 1 is 1.53 bits per heavy atom. The maximum atomic E-state index is 12.1. The van der Waals surface area contributed by atoms with Crippen molar-refractivity contribution in [1.29, 1.82) is 5.26 Å². The summed E-state index contributed by atoms with van der Waals surface area (Å²) in [7, 11) is 0. The van der Waals surface area contributed by atoms with Crippen LogP contribution in [0.1, 0.15) is 37.9 Å². The second-order valence-electron chi connectivity index (χ2n) is 4.38. The van der Waals surface area contributed by atoms with Gasteiger partial charge in [-0.3, -0.25) is 4.79 Å². The number of carbonyl (C=O) groups is 1. The molecule has 0 spiro atoms. The Bertz CT molecular complexity index is 693. The quantitative estimate of drug-likeness (QED) is 0.923. The van der Waals surface area contributed by atoms with E-state index in [4.69, 9.17) is 0 Å². The monoisotopic (exact) mass is 289 g/mol. The van der Waals surface area contributed by atoms with Crippen molar-refractivity contribution in [2.75, 3.05) is 5.32 Å². The van der Waals surface area contributed by atoms with Crippen LogP contribution in [0.4, 0.5) is 5.00 Å². The lowest BCUT2D eigenvalue weighted by Crippen LogP contribution is -2.12. The molecule has 2 heterocycles. The SMILES string of the molecule is Cc1nc(C(=O)Nc2sc3c(c2C#N)CCC3)cs1. The van der Waals surface area contributed by atoms with Crippen LogP contribution in [0.2, 0.25) is 0 Å². The van der Waals surface area contributed by atoms with Crippen LogP contribution in [0.25, 0.3) is 0 Å². The summed E-state index contributed by atoms with van der Waals surface area (Å²) in [4.78, 5) is 17.4. The number of nitrogens with one attached hydrogen (secondary N) is 1. The molecule has 0 saturated carbocycles. The van der Waals surface area contributed by atoms with E-state index in [1.54, 1.807) is 5.38 Å². The molecule has 0 unspecified atom stereocenters.